The van der Waals surface area contributed by atoms with E-state index in [2.05, 4.69) is 15.6 Å². The first-order chi connectivity index (χ1) is 10.2. The van der Waals surface area contributed by atoms with Gasteiger partial charge in [-0.2, -0.15) is 0 Å². The van der Waals surface area contributed by atoms with Gasteiger partial charge in [-0.05, 0) is 24.6 Å². The van der Waals surface area contributed by atoms with Crippen LogP contribution in [-0.2, 0) is 0 Å². The Morgan fingerprint density at radius 3 is 2.57 bits per heavy atom. The second-order valence-corrected chi connectivity index (χ2v) is 4.58. The van der Waals surface area contributed by atoms with E-state index in [1.165, 1.54) is 6.20 Å². The zero-order chi connectivity index (χ0) is 15.1. The first kappa shape index (κ1) is 15.0. The van der Waals surface area contributed by atoms with Crippen molar-refractivity contribution in [1.29, 1.82) is 0 Å². The molecule has 1 aromatic heterocycles. The van der Waals surface area contributed by atoms with Crippen molar-refractivity contribution in [3.8, 4) is 0 Å². The molecule has 1 aromatic carbocycles. The molecule has 0 aliphatic rings. The van der Waals surface area contributed by atoms with Crippen LogP contribution in [0.1, 0.15) is 28.9 Å². The Hall–Kier alpha value is -2.40. The van der Waals surface area contributed by atoms with E-state index in [0.29, 0.717) is 17.9 Å². The molecule has 1 heterocycles. The lowest BCUT2D eigenvalue weighted by Gasteiger charge is -2.17. The van der Waals surface area contributed by atoms with Crippen LogP contribution in [0, 0.1) is 0 Å². The number of hydrogen-bond donors (Lipinski definition) is 3. The van der Waals surface area contributed by atoms with Crippen molar-refractivity contribution in [2.45, 2.75) is 13.0 Å². The van der Waals surface area contributed by atoms with E-state index in [9.17, 15) is 9.90 Å². The van der Waals surface area contributed by atoms with E-state index in [0.717, 1.165) is 5.56 Å². The van der Waals surface area contributed by atoms with E-state index in [-0.39, 0.29) is 18.6 Å². The normalized spacial score (nSPS) is 11.7. The number of aliphatic hydroxyl groups is 1. The minimum absolute atomic E-state index is 0.0379. The molecule has 5 heteroatoms. The highest BCUT2D eigenvalue weighted by Gasteiger charge is 2.11. The maximum Gasteiger partial charge on any atom is 0.252 e. The van der Waals surface area contributed by atoms with Crippen molar-refractivity contribution >= 4 is 11.7 Å². The zero-order valence-corrected chi connectivity index (χ0v) is 11.9. The van der Waals surface area contributed by atoms with Gasteiger partial charge in [0.15, 0.2) is 0 Å². The standard InChI is InChI=1S/C16H19N3O2/c1-2-17-16(21)13-8-9-15(18-10-13)19-14(11-20)12-6-4-3-5-7-12/h3-10,14,20H,2,11H2,1H3,(H,17,21)(H,18,19). The summed E-state index contributed by atoms with van der Waals surface area (Å²) in [6.07, 6.45) is 1.52. The predicted molar refractivity (Wildman–Crippen MR) is 82.1 cm³/mol. The molecule has 2 aromatic rings. The number of anilines is 1. The molecule has 0 spiro atoms. The molecule has 0 aliphatic carbocycles. The molecule has 1 atom stereocenters. The van der Waals surface area contributed by atoms with E-state index in [4.69, 9.17) is 0 Å². The van der Waals surface area contributed by atoms with Gasteiger partial charge in [-0.1, -0.05) is 30.3 Å². The van der Waals surface area contributed by atoms with Crippen molar-refractivity contribution in [1.82, 2.24) is 10.3 Å². The highest BCUT2D eigenvalue weighted by molar-refractivity contribution is 5.93. The smallest absolute Gasteiger partial charge is 0.252 e. The van der Waals surface area contributed by atoms with Gasteiger partial charge in [-0.3, -0.25) is 4.79 Å². The molecule has 3 N–H and O–H groups in total. The first-order valence-electron chi connectivity index (χ1n) is 6.91. The van der Waals surface area contributed by atoms with Gasteiger partial charge >= 0.3 is 0 Å². The second kappa shape index (κ2) is 7.40. The summed E-state index contributed by atoms with van der Waals surface area (Å²) in [5.41, 5.74) is 1.50. The van der Waals surface area contributed by atoms with Gasteiger partial charge in [0.2, 0.25) is 0 Å². The van der Waals surface area contributed by atoms with Gasteiger partial charge in [0.1, 0.15) is 5.82 Å². The number of nitrogens with zero attached hydrogens (tertiary/aromatic N) is 1. The third kappa shape index (κ3) is 4.03. The van der Waals surface area contributed by atoms with Crippen molar-refractivity contribution in [2.75, 3.05) is 18.5 Å². The van der Waals surface area contributed by atoms with Crippen LogP contribution in [0.3, 0.4) is 0 Å². The first-order valence-corrected chi connectivity index (χ1v) is 6.91. The van der Waals surface area contributed by atoms with E-state index < -0.39 is 0 Å². The summed E-state index contributed by atoms with van der Waals surface area (Å²) in [7, 11) is 0. The number of benzene rings is 1. The minimum Gasteiger partial charge on any atom is -0.394 e. The van der Waals surface area contributed by atoms with Gasteiger partial charge in [-0.15, -0.1) is 0 Å². The van der Waals surface area contributed by atoms with Gasteiger partial charge in [0.05, 0.1) is 18.2 Å². The number of carbonyl (C=O) groups excluding carboxylic acids is 1. The van der Waals surface area contributed by atoms with Gasteiger partial charge in [0.25, 0.3) is 5.91 Å². The number of aliphatic hydroxyl groups excluding tert-OH is 1. The fourth-order valence-electron chi connectivity index (χ4n) is 1.97. The van der Waals surface area contributed by atoms with Crippen molar-refractivity contribution in [3.05, 3.63) is 59.8 Å². The molecular formula is C16H19N3O2. The highest BCUT2D eigenvalue weighted by atomic mass is 16.3. The number of carbonyl (C=O) groups is 1. The Balaban J connectivity index is 2.07. The fourth-order valence-corrected chi connectivity index (χ4v) is 1.97. The number of aromatic nitrogens is 1. The minimum atomic E-state index is -0.228. The predicted octanol–water partition coefficient (Wildman–Crippen LogP) is 1.98. The third-order valence-corrected chi connectivity index (χ3v) is 3.07. The number of nitrogens with one attached hydrogen (secondary N) is 2. The maximum atomic E-state index is 11.6. The highest BCUT2D eigenvalue weighted by Crippen LogP contribution is 2.17. The van der Waals surface area contributed by atoms with Gasteiger partial charge < -0.3 is 15.7 Å². The summed E-state index contributed by atoms with van der Waals surface area (Å²) in [6, 6.07) is 12.9. The van der Waals surface area contributed by atoms with E-state index in [1.807, 2.05) is 37.3 Å². The molecule has 1 unspecified atom stereocenters. The molecule has 0 fully saturated rings. The molecule has 5 nitrogen and oxygen atoms in total. The lowest BCUT2D eigenvalue weighted by Crippen LogP contribution is -2.23. The SMILES string of the molecule is CCNC(=O)c1ccc(NC(CO)c2ccccc2)nc1. The summed E-state index contributed by atoms with van der Waals surface area (Å²) in [6.45, 7) is 2.41. The topological polar surface area (TPSA) is 74.2 Å². The van der Waals surface area contributed by atoms with Crippen LogP contribution in [0.5, 0.6) is 0 Å². The molecule has 2 rings (SSSR count). The maximum absolute atomic E-state index is 11.6. The summed E-state index contributed by atoms with van der Waals surface area (Å²) in [4.78, 5) is 15.9. The van der Waals surface area contributed by atoms with E-state index in [1.54, 1.807) is 12.1 Å². The molecule has 0 aliphatic heterocycles. The quantitative estimate of drug-likeness (QED) is 0.758. The van der Waals surface area contributed by atoms with Crippen molar-refractivity contribution < 1.29 is 9.90 Å². The Labute approximate surface area is 124 Å². The Morgan fingerprint density at radius 2 is 2.00 bits per heavy atom. The van der Waals surface area contributed by atoms with Gasteiger partial charge in [0, 0.05) is 12.7 Å². The monoisotopic (exact) mass is 285 g/mol. The van der Waals surface area contributed by atoms with Crippen LogP contribution in [-0.4, -0.2) is 29.1 Å². The van der Waals surface area contributed by atoms with Crippen LogP contribution in [0.15, 0.2) is 48.7 Å². The molecule has 0 radical (unpaired) electrons. The number of amides is 1. The zero-order valence-electron chi connectivity index (χ0n) is 11.9. The summed E-state index contributed by atoms with van der Waals surface area (Å²) < 4.78 is 0. The van der Waals surface area contributed by atoms with Crippen LogP contribution in [0.4, 0.5) is 5.82 Å². The van der Waals surface area contributed by atoms with Crippen molar-refractivity contribution in [2.24, 2.45) is 0 Å². The van der Waals surface area contributed by atoms with E-state index >= 15 is 0 Å². The van der Waals surface area contributed by atoms with Crippen LogP contribution in [0.2, 0.25) is 0 Å². The molecule has 0 saturated heterocycles. The summed E-state index contributed by atoms with van der Waals surface area (Å²) in [5, 5.41) is 15.4. The number of pyridine rings is 1. The Kier molecular flexibility index (Phi) is 5.29. The van der Waals surface area contributed by atoms with Crippen LogP contribution in [0.25, 0.3) is 0 Å². The second-order valence-electron chi connectivity index (χ2n) is 4.58. The average molecular weight is 285 g/mol. The summed E-state index contributed by atoms with van der Waals surface area (Å²) in [5.74, 6) is 0.476. The lowest BCUT2D eigenvalue weighted by molar-refractivity contribution is 0.0955. The Bertz CT molecular complexity index is 570. The molecule has 21 heavy (non-hydrogen) atoms. The molecular weight excluding hydrogens is 266 g/mol. The summed E-state index contributed by atoms with van der Waals surface area (Å²) >= 11 is 0. The van der Waals surface area contributed by atoms with Gasteiger partial charge in [-0.25, -0.2) is 4.98 Å². The van der Waals surface area contributed by atoms with Crippen molar-refractivity contribution in [3.63, 3.8) is 0 Å². The number of rotatable bonds is 6. The third-order valence-electron chi connectivity index (χ3n) is 3.07. The Morgan fingerprint density at radius 1 is 1.24 bits per heavy atom. The average Bonchev–Trinajstić information content (AvgIpc) is 2.54. The molecule has 0 saturated carbocycles. The fraction of sp³-hybridized carbons (Fsp3) is 0.250. The largest absolute Gasteiger partial charge is 0.394 e. The molecule has 1 amide bonds. The van der Waals surface area contributed by atoms with Crippen LogP contribution < -0.4 is 10.6 Å². The molecule has 110 valence electrons. The molecule has 0 bridgehead atoms. The van der Waals surface area contributed by atoms with Crippen LogP contribution >= 0.6 is 0 Å². The lowest BCUT2D eigenvalue weighted by atomic mass is 10.1. The number of hydrogen-bond acceptors (Lipinski definition) is 4.